The molecule has 2 atom stereocenters. The van der Waals surface area contributed by atoms with E-state index >= 15 is 0 Å². The maximum atomic E-state index is 13.4. The number of nitrogens with one attached hydrogen (secondary N) is 1. The minimum atomic E-state index is -3.52. The maximum Gasteiger partial charge on any atom is 0.242 e. The maximum absolute atomic E-state index is 13.4. The lowest BCUT2D eigenvalue weighted by molar-refractivity contribution is -0.140. The zero-order valence-electron chi connectivity index (χ0n) is 22.7. The molecular formula is C28H41N3O4S. The fraction of sp³-hybridized carbons (Fsp3) is 0.500. The highest BCUT2D eigenvalue weighted by Crippen LogP contribution is 2.22. The van der Waals surface area contributed by atoms with E-state index in [9.17, 15) is 18.0 Å². The summed E-state index contributed by atoms with van der Waals surface area (Å²) in [7, 11) is -3.52. The van der Waals surface area contributed by atoms with Gasteiger partial charge < -0.3 is 10.2 Å². The van der Waals surface area contributed by atoms with Crippen LogP contribution in [0.3, 0.4) is 0 Å². The molecule has 0 heterocycles. The van der Waals surface area contributed by atoms with Gasteiger partial charge in [-0.15, -0.1) is 0 Å². The molecule has 36 heavy (non-hydrogen) atoms. The van der Waals surface area contributed by atoms with Gasteiger partial charge >= 0.3 is 0 Å². The van der Waals surface area contributed by atoms with Crippen LogP contribution in [0.1, 0.15) is 62.3 Å². The molecule has 0 radical (unpaired) electrons. The predicted molar refractivity (Wildman–Crippen MR) is 146 cm³/mol. The van der Waals surface area contributed by atoms with Crippen molar-refractivity contribution in [2.75, 3.05) is 17.1 Å². The smallest absolute Gasteiger partial charge is 0.242 e. The number of rotatable bonds is 12. The summed E-state index contributed by atoms with van der Waals surface area (Å²) in [5, 5.41) is 2.96. The molecule has 0 aliphatic heterocycles. The second-order valence-corrected chi connectivity index (χ2v) is 11.6. The van der Waals surface area contributed by atoms with Crippen molar-refractivity contribution in [3.8, 4) is 0 Å². The van der Waals surface area contributed by atoms with Crippen LogP contribution in [0.2, 0.25) is 0 Å². The number of anilines is 1. The van der Waals surface area contributed by atoms with Gasteiger partial charge in [-0.3, -0.25) is 13.9 Å². The van der Waals surface area contributed by atoms with E-state index < -0.39 is 16.1 Å². The Labute approximate surface area is 216 Å². The van der Waals surface area contributed by atoms with E-state index in [0.29, 0.717) is 18.7 Å². The van der Waals surface area contributed by atoms with Crippen molar-refractivity contribution in [1.82, 2.24) is 10.2 Å². The number of aryl methyl sites for hydroxylation is 3. The summed E-state index contributed by atoms with van der Waals surface area (Å²) in [6.45, 7) is 12.1. The van der Waals surface area contributed by atoms with E-state index in [4.69, 9.17) is 0 Å². The lowest BCUT2D eigenvalue weighted by Gasteiger charge is -2.30. The first-order chi connectivity index (χ1) is 16.8. The van der Waals surface area contributed by atoms with Gasteiger partial charge in [0, 0.05) is 25.6 Å². The molecule has 0 fully saturated rings. The molecule has 0 aliphatic rings. The Bertz CT molecular complexity index is 1150. The van der Waals surface area contributed by atoms with Gasteiger partial charge in [-0.05, 0) is 76.3 Å². The molecule has 0 bridgehead atoms. The number of carbonyl (C=O) groups is 2. The predicted octanol–water partition coefficient (Wildman–Crippen LogP) is 4.49. The Morgan fingerprint density at radius 1 is 0.972 bits per heavy atom. The molecule has 0 aliphatic carbocycles. The number of sulfonamides is 1. The van der Waals surface area contributed by atoms with E-state index in [0.717, 1.165) is 28.7 Å². The number of nitrogens with zero attached hydrogens (tertiary/aromatic N) is 2. The first-order valence-corrected chi connectivity index (χ1v) is 14.4. The van der Waals surface area contributed by atoms with Gasteiger partial charge in [-0.25, -0.2) is 8.42 Å². The number of amides is 2. The Morgan fingerprint density at radius 3 is 2.17 bits per heavy atom. The highest BCUT2D eigenvalue weighted by Gasteiger charge is 2.27. The van der Waals surface area contributed by atoms with E-state index in [-0.39, 0.29) is 30.8 Å². The highest BCUT2D eigenvalue weighted by atomic mass is 32.2. The van der Waals surface area contributed by atoms with Crippen molar-refractivity contribution >= 4 is 27.5 Å². The van der Waals surface area contributed by atoms with Gasteiger partial charge in [0.15, 0.2) is 0 Å². The van der Waals surface area contributed by atoms with E-state index in [1.54, 1.807) is 17.9 Å². The first kappa shape index (κ1) is 29.4. The summed E-state index contributed by atoms with van der Waals surface area (Å²) in [6, 6.07) is 12.8. The molecule has 0 unspecified atom stereocenters. The molecule has 0 spiro atoms. The SMILES string of the molecule is CC[C@H](C)NC(=O)[C@H](C)N(Cc1ccc(C)cc1)C(=O)CCCN(c1ccc(C)c(C)c1)S(C)(=O)=O. The number of carbonyl (C=O) groups excluding carboxylic acids is 2. The van der Waals surface area contributed by atoms with Crippen molar-refractivity contribution in [2.24, 2.45) is 0 Å². The van der Waals surface area contributed by atoms with E-state index in [1.807, 2.05) is 71.0 Å². The normalized spacial score (nSPS) is 13.1. The Balaban J connectivity index is 2.18. The zero-order valence-corrected chi connectivity index (χ0v) is 23.5. The second-order valence-electron chi connectivity index (χ2n) is 9.71. The number of hydrogen-bond acceptors (Lipinski definition) is 4. The Hall–Kier alpha value is -2.87. The van der Waals surface area contributed by atoms with Gasteiger partial charge in [-0.2, -0.15) is 0 Å². The van der Waals surface area contributed by atoms with Crippen molar-refractivity contribution in [1.29, 1.82) is 0 Å². The molecule has 0 saturated heterocycles. The fourth-order valence-corrected chi connectivity index (χ4v) is 4.78. The second kappa shape index (κ2) is 12.9. The minimum Gasteiger partial charge on any atom is -0.352 e. The van der Waals surface area contributed by atoms with Gasteiger partial charge in [-0.1, -0.05) is 42.8 Å². The first-order valence-electron chi connectivity index (χ1n) is 12.5. The summed E-state index contributed by atoms with van der Waals surface area (Å²) >= 11 is 0. The van der Waals surface area contributed by atoms with Crippen molar-refractivity contribution < 1.29 is 18.0 Å². The summed E-state index contributed by atoms with van der Waals surface area (Å²) < 4.78 is 26.4. The van der Waals surface area contributed by atoms with Crippen LogP contribution in [0.4, 0.5) is 5.69 Å². The quantitative estimate of drug-likeness (QED) is 0.451. The van der Waals surface area contributed by atoms with Crippen LogP contribution in [0, 0.1) is 20.8 Å². The lowest BCUT2D eigenvalue weighted by atomic mass is 10.1. The summed E-state index contributed by atoms with van der Waals surface area (Å²) in [5.74, 6) is -0.381. The van der Waals surface area contributed by atoms with Gasteiger partial charge in [0.05, 0.1) is 11.9 Å². The molecule has 2 aromatic carbocycles. The van der Waals surface area contributed by atoms with Crippen LogP contribution in [-0.4, -0.2) is 50.0 Å². The molecule has 2 aromatic rings. The number of benzene rings is 2. The Morgan fingerprint density at radius 2 is 1.61 bits per heavy atom. The molecule has 0 saturated carbocycles. The van der Waals surface area contributed by atoms with Crippen LogP contribution in [-0.2, 0) is 26.2 Å². The third kappa shape index (κ3) is 8.36. The van der Waals surface area contributed by atoms with Gasteiger partial charge in [0.25, 0.3) is 0 Å². The van der Waals surface area contributed by atoms with Crippen LogP contribution >= 0.6 is 0 Å². The van der Waals surface area contributed by atoms with Crippen LogP contribution in [0.15, 0.2) is 42.5 Å². The zero-order chi connectivity index (χ0) is 27.0. The van der Waals surface area contributed by atoms with Gasteiger partial charge in [0.2, 0.25) is 21.8 Å². The average molecular weight is 516 g/mol. The van der Waals surface area contributed by atoms with Crippen LogP contribution < -0.4 is 9.62 Å². The molecule has 0 aromatic heterocycles. The third-order valence-corrected chi connectivity index (χ3v) is 7.77. The van der Waals surface area contributed by atoms with Crippen LogP contribution in [0.5, 0.6) is 0 Å². The highest BCUT2D eigenvalue weighted by molar-refractivity contribution is 7.92. The lowest BCUT2D eigenvalue weighted by Crippen LogP contribution is -2.49. The van der Waals surface area contributed by atoms with Crippen molar-refractivity contribution in [2.45, 2.75) is 79.4 Å². The van der Waals surface area contributed by atoms with Gasteiger partial charge in [0.1, 0.15) is 6.04 Å². The largest absolute Gasteiger partial charge is 0.352 e. The molecule has 2 amide bonds. The summed E-state index contributed by atoms with van der Waals surface area (Å²) in [5.41, 5.74) is 4.73. The van der Waals surface area contributed by atoms with Crippen LogP contribution in [0.25, 0.3) is 0 Å². The topological polar surface area (TPSA) is 86.8 Å². The summed E-state index contributed by atoms with van der Waals surface area (Å²) in [6.07, 6.45) is 2.44. The number of hydrogen-bond donors (Lipinski definition) is 1. The molecule has 2 rings (SSSR count). The molecular weight excluding hydrogens is 474 g/mol. The average Bonchev–Trinajstić information content (AvgIpc) is 2.81. The molecule has 7 nitrogen and oxygen atoms in total. The van der Waals surface area contributed by atoms with E-state index in [1.165, 1.54) is 10.6 Å². The molecule has 1 N–H and O–H groups in total. The third-order valence-electron chi connectivity index (χ3n) is 6.57. The van der Waals surface area contributed by atoms with Crippen molar-refractivity contribution in [3.63, 3.8) is 0 Å². The standard InChI is InChI=1S/C28H41N3O4S/c1-8-23(5)29-28(33)24(6)30(19-25-14-11-20(2)12-15-25)27(32)10-9-17-31(36(7,34)35)26-16-13-21(3)22(4)18-26/h11-16,18,23-24H,8-10,17,19H2,1-7H3,(H,29,33)/t23-,24-/m0/s1. The minimum absolute atomic E-state index is 0.0116. The monoisotopic (exact) mass is 515 g/mol. The summed E-state index contributed by atoms with van der Waals surface area (Å²) in [4.78, 5) is 27.8. The molecule has 8 heteroatoms. The Kier molecular flexibility index (Phi) is 10.5. The van der Waals surface area contributed by atoms with E-state index in [2.05, 4.69) is 5.32 Å². The van der Waals surface area contributed by atoms with Crippen molar-refractivity contribution in [3.05, 3.63) is 64.7 Å². The molecule has 198 valence electrons. The fourth-order valence-electron chi connectivity index (χ4n) is 3.82.